The summed E-state index contributed by atoms with van der Waals surface area (Å²) in [4.78, 5) is 6.85. The summed E-state index contributed by atoms with van der Waals surface area (Å²) in [5.74, 6) is 0.773. The topological polar surface area (TPSA) is 66.7 Å². The van der Waals surface area contributed by atoms with Crippen molar-refractivity contribution in [1.82, 2.24) is 14.2 Å². The largest absolute Gasteiger partial charge is 0.463 e. The maximum absolute atomic E-state index is 12.5. The fraction of sp³-hybridized carbons (Fsp3) is 0.312. The van der Waals surface area contributed by atoms with E-state index >= 15 is 0 Å². The molecular formula is C16H17N3O3S3. The van der Waals surface area contributed by atoms with E-state index in [2.05, 4.69) is 9.88 Å². The Balaban J connectivity index is 1.36. The summed E-state index contributed by atoms with van der Waals surface area (Å²) in [5.41, 5.74) is 0.851. The van der Waals surface area contributed by atoms with Gasteiger partial charge in [0.05, 0.1) is 12.8 Å². The van der Waals surface area contributed by atoms with Crippen molar-refractivity contribution in [2.45, 2.75) is 10.8 Å². The number of thiophene rings is 1. The Morgan fingerprint density at radius 2 is 1.96 bits per heavy atom. The van der Waals surface area contributed by atoms with Crippen LogP contribution in [0, 0.1) is 0 Å². The first-order valence-electron chi connectivity index (χ1n) is 7.87. The molecule has 3 aromatic heterocycles. The van der Waals surface area contributed by atoms with Crippen molar-refractivity contribution >= 4 is 32.7 Å². The molecule has 4 rings (SSSR count). The first-order valence-corrected chi connectivity index (χ1v) is 11.1. The van der Waals surface area contributed by atoms with Crippen molar-refractivity contribution in [3.8, 4) is 11.5 Å². The molecule has 0 unspecified atom stereocenters. The van der Waals surface area contributed by atoms with Crippen molar-refractivity contribution in [3.63, 3.8) is 0 Å². The first-order chi connectivity index (χ1) is 12.1. The van der Waals surface area contributed by atoms with Crippen molar-refractivity contribution in [2.75, 3.05) is 26.2 Å². The zero-order valence-electron chi connectivity index (χ0n) is 13.4. The maximum atomic E-state index is 12.5. The van der Waals surface area contributed by atoms with Crippen molar-refractivity contribution in [1.29, 1.82) is 0 Å². The van der Waals surface area contributed by atoms with Gasteiger partial charge in [-0.15, -0.1) is 22.7 Å². The summed E-state index contributed by atoms with van der Waals surface area (Å²) in [6, 6.07) is 7.18. The molecule has 9 heteroatoms. The van der Waals surface area contributed by atoms with E-state index in [0.717, 1.165) is 23.0 Å². The average Bonchev–Trinajstić information content (AvgIpc) is 3.37. The Hall–Kier alpha value is -1.52. The quantitative estimate of drug-likeness (QED) is 0.664. The van der Waals surface area contributed by atoms with Gasteiger partial charge >= 0.3 is 0 Å². The van der Waals surface area contributed by atoms with Gasteiger partial charge in [-0.05, 0) is 23.6 Å². The van der Waals surface area contributed by atoms with Crippen LogP contribution in [0.25, 0.3) is 11.5 Å². The normalized spacial score (nSPS) is 17.1. The van der Waals surface area contributed by atoms with E-state index in [1.807, 2.05) is 17.5 Å². The number of thiazole rings is 1. The Morgan fingerprint density at radius 1 is 1.12 bits per heavy atom. The van der Waals surface area contributed by atoms with Gasteiger partial charge in [0, 0.05) is 31.6 Å². The third-order valence-corrected chi connectivity index (χ3v) is 8.21. The third-order valence-electron chi connectivity index (χ3n) is 4.10. The summed E-state index contributed by atoms with van der Waals surface area (Å²) in [6.07, 6.45) is 1.64. The lowest BCUT2D eigenvalue weighted by Gasteiger charge is -2.33. The molecule has 0 N–H and O–H groups in total. The highest BCUT2D eigenvalue weighted by molar-refractivity contribution is 7.91. The van der Waals surface area contributed by atoms with Gasteiger partial charge in [-0.1, -0.05) is 6.07 Å². The number of aromatic nitrogens is 1. The fourth-order valence-electron chi connectivity index (χ4n) is 2.78. The highest BCUT2D eigenvalue weighted by Crippen LogP contribution is 2.25. The lowest BCUT2D eigenvalue weighted by molar-refractivity contribution is 0.181. The van der Waals surface area contributed by atoms with Crippen LogP contribution in [-0.2, 0) is 16.6 Å². The molecule has 0 spiro atoms. The number of furan rings is 1. The Morgan fingerprint density at radius 3 is 2.64 bits per heavy atom. The van der Waals surface area contributed by atoms with Gasteiger partial charge in [0.1, 0.15) is 14.9 Å². The molecule has 0 atom stereocenters. The second kappa shape index (κ2) is 7.00. The highest BCUT2D eigenvalue weighted by atomic mass is 32.2. The van der Waals surface area contributed by atoms with Crippen LogP contribution in [0.15, 0.2) is 49.9 Å². The van der Waals surface area contributed by atoms with Crippen LogP contribution in [0.1, 0.15) is 5.01 Å². The van der Waals surface area contributed by atoms with Crippen LogP contribution in [0.3, 0.4) is 0 Å². The van der Waals surface area contributed by atoms with E-state index < -0.39 is 10.0 Å². The second-order valence-corrected chi connectivity index (χ2v) is 9.77. The molecule has 132 valence electrons. The van der Waals surface area contributed by atoms with Crippen LogP contribution in [0.5, 0.6) is 0 Å². The minimum atomic E-state index is -3.34. The Bertz CT molecular complexity index is 909. The van der Waals surface area contributed by atoms with Gasteiger partial charge in [0.15, 0.2) is 5.76 Å². The summed E-state index contributed by atoms with van der Waals surface area (Å²) in [7, 11) is -3.34. The molecule has 0 aromatic carbocycles. The molecular weight excluding hydrogens is 378 g/mol. The van der Waals surface area contributed by atoms with Gasteiger partial charge in [-0.3, -0.25) is 4.90 Å². The van der Waals surface area contributed by atoms with Crippen LogP contribution in [-0.4, -0.2) is 48.8 Å². The molecule has 0 radical (unpaired) electrons. The minimum Gasteiger partial charge on any atom is -0.463 e. The SMILES string of the molecule is O=S(=O)(c1cccs1)N1CCN(Cc2nc(-c3ccco3)cs2)CC1. The zero-order valence-corrected chi connectivity index (χ0v) is 15.8. The lowest BCUT2D eigenvalue weighted by atomic mass is 10.3. The molecule has 0 amide bonds. The molecule has 0 aliphatic carbocycles. The van der Waals surface area contributed by atoms with E-state index in [1.54, 1.807) is 39.4 Å². The molecule has 1 aliphatic heterocycles. The van der Waals surface area contributed by atoms with E-state index in [1.165, 1.54) is 11.3 Å². The van der Waals surface area contributed by atoms with Crippen molar-refractivity contribution in [3.05, 3.63) is 46.3 Å². The predicted molar refractivity (Wildman–Crippen MR) is 98.2 cm³/mol. The van der Waals surface area contributed by atoms with Crippen LogP contribution >= 0.6 is 22.7 Å². The molecule has 0 saturated carbocycles. The van der Waals surface area contributed by atoms with Gasteiger partial charge in [-0.2, -0.15) is 4.31 Å². The molecule has 25 heavy (non-hydrogen) atoms. The van der Waals surface area contributed by atoms with E-state index in [4.69, 9.17) is 4.42 Å². The van der Waals surface area contributed by atoms with Crippen LogP contribution in [0.2, 0.25) is 0 Å². The lowest BCUT2D eigenvalue weighted by Crippen LogP contribution is -2.48. The highest BCUT2D eigenvalue weighted by Gasteiger charge is 2.29. The van der Waals surface area contributed by atoms with Gasteiger partial charge in [-0.25, -0.2) is 13.4 Å². The average molecular weight is 396 g/mol. The number of sulfonamides is 1. The monoisotopic (exact) mass is 395 g/mol. The number of hydrogen-bond donors (Lipinski definition) is 0. The van der Waals surface area contributed by atoms with Crippen LogP contribution < -0.4 is 0 Å². The summed E-state index contributed by atoms with van der Waals surface area (Å²) >= 11 is 2.87. The predicted octanol–water partition coefficient (Wildman–Crippen LogP) is 2.97. The molecule has 6 nitrogen and oxygen atoms in total. The zero-order chi connectivity index (χ0) is 17.3. The van der Waals surface area contributed by atoms with Gasteiger partial charge in [0.2, 0.25) is 0 Å². The molecule has 1 fully saturated rings. The standard InChI is InChI=1S/C16H17N3O3S3/c20-25(21,16-4-2-10-23-16)19-7-5-18(6-8-19)11-15-17-13(12-24-15)14-3-1-9-22-14/h1-4,9-10,12H,5-8,11H2. The van der Waals surface area contributed by atoms with Crippen molar-refractivity contribution < 1.29 is 12.8 Å². The smallest absolute Gasteiger partial charge is 0.252 e. The molecule has 1 saturated heterocycles. The molecule has 4 heterocycles. The first kappa shape index (κ1) is 16.9. The molecule has 1 aliphatic rings. The van der Waals surface area contributed by atoms with E-state index in [9.17, 15) is 8.42 Å². The van der Waals surface area contributed by atoms with E-state index in [-0.39, 0.29) is 0 Å². The van der Waals surface area contributed by atoms with Crippen molar-refractivity contribution in [2.24, 2.45) is 0 Å². The summed E-state index contributed by atoms with van der Waals surface area (Å²) in [5, 5.41) is 4.80. The molecule has 3 aromatic rings. The minimum absolute atomic E-state index is 0.420. The Kier molecular flexibility index (Phi) is 4.74. The fourth-order valence-corrected chi connectivity index (χ4v) is 6.17. The third kappa shape index (κ3) is 3.56. The van der Waals surface area contributed by atoms with E-state index in [0.29, 0.717) is 30.4 Å². The molecule has 0 bridgehead atoms. The second-order valence-electron chi connectivity index (χ2n) is 5.72. The number of nitrogens with zero attached hydrogens (tertiary/aromatic N) is 3. The number of hydrogen-bond acceptors (Lipinski definition) is 7. The number of piperazine rings is 1. The summed E-state index contributed by atoms with van der Waals surface area (Å²) < 4.78 is 32.5. The Labute approximate surface area is 154 Å². The van der Waals surface area contributed by atoms with Crippen LogP contribution in [0.4, 0.5) is 0 Å². The van der Waals surface area contributed by atoms with Gasteiger partial charge < -0.3 is 4.42 Å². The van der Waals surface area contributed by atoms with Gasteiger partial charge in [0.25, 0.3) is 10.0 Å². The summed E-state index contributed by atoms with van der Waals surface area (Å²) in [6.45, 7) is 3.17. The number of rotatable bonds is 5. The maximum Gasteiger partial charge on any atom is 0.252 e.